The van der Waals surface area contributed by atoms with Crippen LogP contribution in [0, 0.1) is 0 Å². The number of rotatable bonds is 8. The molecular weight excluding hydrogens is 1170 g/mol. The molecule has 10 nitrogen and oxygen atoms in total. The van der Waals surface area contributed by atoms with E-state index in [2.05, 4.69) is 105 Å². The minimum atomic E-state index is 0. The third kappa shape index (κ3) is 12.6. The zero-order valence-corrected chi connectivity index (χ0v) is 44.9. The maximum atomic E-state index is 6.12. The summed E-state index contributed by atoms with van der Waals surface area (Å²) in [7, 11) is 0. The summed E-state index contributed by atoms with van der Waals surface area (Å²) in [5.41, 5.74) is 21.8. The molecule has 0 unspecified atom stereocenters. The van der Waals surface area contributed by atoms with Gasteiger partial charge in [-0.15, -0.1) is 102 Å². The van der Waals surface area contributed by atoms with E-state index < -0.39 is 0 Å². The monoisotopic (exact) mass is 1230 g/mol. The number of fused-ring (bicyclic) bond motifs is 4. The summed E-state index contributed by atoms with van der Waals surface area (Å²) < 4.78 is 0. The number of H-pyrrole nitrogens is 2. The Morgan fingerprint density at radius 2 is 0.919 bits per heavy atom. The van der Waals surface area contributed by atoms with Gasteiger partial charge < -0.3 is 21.4 Å². The predicted molar refractivity (Wildman–Crippen MR) is 285 cm³/mol. The lowest BCUT2D eigenvalue weighted by molar-refractivity contribution is 0.118. The summed E-state index contributed by atoms with van der Waals surface area (Å²) in [5.74, 6) is 2.04. The van der Waals surface area contributed by atoms with Crippen molar-refractivity contribution in [2.24, 2.45) is 11.5 Å². The van der Waals surface area contributed by atoms with Crippen molar-refractivity contribution >= 4 is 124 Å². The van der Waals surface area contributed by atoms with Gasteiger partial charge in [-0.2, -0.15) is 0 Å². The molecule has 0 aliphatic heterocycles. The molecular formula is C46H60Br6N10. The van der Waals surface area contributed by atoms with E-state index in [9.17, 15) is 0 Å². The van der Waals surface area contributed by atoms with Crippen LogP contribution < -0.4 is 11.5 Å². The number of benzene rings is 2. The average molecular weight is 1230 g/mol. The quantitative estimate of drug-likeness (QED) is 0.110. The number of aromatic amines is 2. The largest absolute Gasteiger partial charge is 0.341 e. The second-order valence-corrected chi connectivity index (χ2v) is 16.0. The molecule has 0 amide bonds. The predicted octanol–water partition coefficient (Wildman–Crippen LogP) is 11.2. The topological polar surface area (TPSA) is 142 Å². The minimum absolute atomic E-state index is 0. The summed E-state index contributed by atoms with van der Waals surface area (Å²) in [6.45, 7) is 1.58. The number of nitrogens with one attached hydrogen (secondary N) is 2. The molecule has 0 saturated carbocycles. The lowest BCUT2D eigenvalue weighted by Gasteiger charge is -2.40. The summed E-state index contributed by atoms with van der Waals surface area (Å²) in [5, 5.41) is 0. The molecule has 2 aromatic carbocycles. The molecule has 62 heavy (non-hydrogen) atoms. The van der Waals surface area contributed by atoms with Crippen LogP contribution in [0.15, 0.2) is 109 Å². The first-order chi connectivity index (χ1) is 27.6. The molecule has 10 rings (SSSR count). The van der Waals surface area contributed by atoms with E-state index in [1.165, 1.54) is 35.4 Å². The fraction of sp³-hybridized carbons (Fsp3) is 0.391. The molecule has 4 aliphatic carbocycles. The van der Waals surface area contributed by atoms with Crippen molar-refractivity contribution in [3.8, 4) is 0 Å². The molecule has 16 heteroatoms. The van der Waals surface area contributed by atoms with E-state index in [1.807, 2.05) is 24.5 Å². The van der Waals surface area contributed by atoms with E-state index in [1.54, 1.807) is 0 Å². The zero-order valence-electron chi connectivity index (χ0n) is 34.6. The zero-order chi connectivity index (χ0) is 37.8. The van der Waals surface area contributed by atoms with Gasteiger partial charge in [-0.3, -0.25) is 19.8 Å². The number of imidazole rings is 2. The van der Waals surface area contributed by atoms with Gasteiger partial charge in [0.15, 0.2) is 0 Å². The highest BCUT2D eigenvalue weighted by atomic mass is 79.9. The van der Waals surface area contributed by atoms with Crippen molar-refractivity contribution < 1.29 is 0 Å². The van der Waals surface area contributed by atoms with Gasteiger partial charge in [0.2, 0.25) is 0 Å². The SMILES string of the molecule is Br.Br.Br.Br.Br.Br.N[C@H]1C=C[C@@H](N(Cc2nc3ccccc3[nH]2)[C@@H]2CCCc3cccnc32)CC1.N[C@H]1C=C[C@@H](N(Cc2nc3ccccc3[nH]2)[C@H]2CCCc3cccnc32)CC1. The number of aryl methyl sites for hydroxylation is 2. The van der Waals surface area contributed by atoms with E-state index in [0.717, 1.165) is 98.2 Å². The second-order valence-electron chi connectivity index (χ2n) is 16.0. The number of pyridine rings is 2. The number of para-hydroxylation sites is 4. The Hall–Kier alpha value is -2.12. The summed E-state index contributed by atoms with van der Waals surface area (Å²) in [6.07, 6.45) is 24.0. The molecule has 0 saturated heterocycles. The molecule has 336 valence electrons. The first kappa shape index (κ1) is 54.2. The molecule has 4 aliphatic rings. The number of hydrogen-bond acceptors (Lipinski definition) is 8. The lowest BCUT2D eigenvalue weighted by Crippen LogP contribution is -2.41. The van der Waals surface area contributed by atoms with Gasteiger partial charge in [0, 0.05) is 36.6 Å². The Morgan fingerprint density at radius 1 is 0.500 bits per heavy atom. The molecule has 6 aromatic rings. The van der Waals surface area contributed by atoms with Crippen LogP contribution in [0.3, 0.4) is 0 Å². The Balaban J connectivity index is 0.000000301. The fourth-order valence-electron chi connectivity index (χ4n) is 9.45. The maximum Gasteiger partial charge on any atom is 0.121 e. The van der Waals surface area contributed by atoms with Gasteiger partial charge in [-0.1, -0.05) is 60.7 Å². The van der Waals surface area contributed by atoms with Gasteiger partial charge in [-0.25, -0.2) is 9.97 Å². The Bertz CT molecular complexity index is 2110. The molecule has 0 fully saturated rings. The molecule has 0 bridgehead atoms. The molecule has 4 heterocycles. The van der Waals surface area contributed by atoms with E-state index in [4.69, 9.17) is 31.4 Å². The number of hydrogen-bond donors (Lipinski definition) is 4. The number of halogens is 6. The number of nitrogens with two attached hydrogens (primary N) is 2. The second kappa shape index (κ2) is 25.5. The van der Waals surface area contributed by atoms with Crippen LogP contribution >= 0.6 is 102 Å². The van der Waals surface area contributed by atoms with Crippen molar-refractivity contribution in [3.63, 3.8) is 0 Å². The Labute approximate surface area is 428 Å². The van der Waals surface area contributed by atoms with Crippen LogP contribution in [-0.2, 0) is 25.9 Å². The molecule has 0 radical (unpaired) electrons. The highest BCUT2D eigenvalue weighted by Gasteiger charge is 2.34. The van der Waals surface area contributed by atoms with E-state index in [0.29, 0.717) is 24.2 Å². The van der Waals surface area contributed by atoms with Crippen LogP contribution in [0.5, 0.6) is 0 Å². The number of aromatic nitrogens is 6. The van der Waals surface area contributed by atoms with Crippen LogP contribution in [0.4, 0.5) is 0 Å². The van der Waals surface area contributed by atoms with Gasteiger partial charge in [0.1, 0.15) is 11.6 Å². The summed E-state index contributed by atoms with van der Waals surface area (Å²) in [6, 6.07) is 26.8. The smallest absolute Gasteiger partial charge is 0.121 e. The van der Waals surface area contributed by atoms with Gasteiger partial charge >= 0.3 is 0 Å². The Kier molecular flexibility index (Phi) is 22.3. The highest BCUT2D eigenvalue weighted by molar-refractivity contribution is 8.93. The van der Waals surface area contributed by atoms with Crippen LogP contribution in [0.1, 0.15) is 97.6 Å². The highest BCUT2D eigenvalue weighted by Crippen LogP contribution is 2.38. The van der Waals surface area contributed by atoms with Crippen LogP contribution in [0.2, 0.25) is 0 Å². The van der Waals surface area contributed by atoms with E-state index in [-0.39, 0.29) is 114 Å². The van der Waals surface area contributed by atoms with Crippen molar-refractivity contribution in [2.45, 2.75) is 114 Å². The Morgan fingerprint density at radius 3 is 1.31 bits per heavy atom. The summed E-state index contributed by atoms with van der Waals surface area (Å²) >= 11 is 0. The minimum Gasteiger partial charge on any atom is -0.341 e. The first-order valence-corrected chi connectivity index (χ1v) is 20.7. The number of nitrogens with zero attached hydrogens (tertiary/aromatic N) is 6. The lowest BCUT2D eigenvalue weighted by atomic mass is 9.88. The van der Waals surface area contributed by atoms with Crippen LogP contribution in [-0.4, -0.2) is 63.9 Å². The maximum absolute atomic E-state index is 6.12. The van der Waals surface area contributed by atoms with Crippen LogP contribution in [0.25, 0.3) is 22.1 Å². The standard InChI is InChI=1S/2C23H27N5.6BrH/c2*24-17-10-12-18(13-11-17)28(15-22-26-19-7-1-2-8-20(19)27-22)21-9-3-5-16-6-4-14-25-23(16)21;;;;;;/h2*1-2,4,6-8,10,12,14,17-18,21H,3,5,9,11,13,15,24H2,(H,26,27);6*1H/t17-,18+,21+;17-,18+,21-;;;;;;/m00....../s1. The van der Waals surface area contributed by atoms with Gasteiger partial charge in [0.05, 0.1) is 58.6 Å². The van der Waals surface area contributed by atoms with E-state index >= 15 is 0 Å². The van der Waals surface area contributed by atoms with Crippen molar-refractivity contribution in [2.75, 3.05) is 0 Å². The van der Waals surface area contributed by atoms with Gasteiger partial charge in [0.25, 0.3) is 0 Å². The summed E-state index contributed by atoms with van der Waals surface area (Å²) in [4.78, 5) is 31.5. The normalized spacial score (nSPS) is 22.2. The molecule has 4 aromatic heterocycles. The molecule has 6 atom stereocenters. The molecule has 6 N–H and O–H groups in total. The third-order valence-corrected chi connectivity index (χ3v) is 12.3. The fourth-order valence-corrected chi connectivity index (χ4v) is 9.45. The third-order valence-electron chi connectivity index (χ3n) is 12.3. The average Bonchev–Trinajstić information content (AvgIpc) is 3.86. The van der Waals surface area contributed by atoms with Gasteiger partial charge in [-0.05, 0) is 112 Å². The van der Waals surface area contributed by atoms with Crippen molar-refractivity contribution in [1.29, 1.82) is 0 Å². The first-order valence-electron chi connectivity index (χ1n) is 20.7. The van der Waals surface area contributed by atoms with Crippen molar-refractivity contribution in [1.82, 2.24) is 39.7 Å². The van der Waals surface area contributed by atoms with Crippen molar-refractivity contribution in [3.05, 3.63) is 144 Å². The molecule has 0 spiro atoms.